The van der Waals surface area contributed by atoms with Gasteiger partial charge in [0.1, 0.15) is 0 Å². The van der Waals surface area contributed by atoms with Crippen molar-refractivity contribution in [2.45, 2.75) is 34.1 Å². The van der Waals surface area contributed by atoms with Crippen molar-refractivity contribution in [2.24, 2.45) is 0 Å². The summed E-state index contributed by atoms with van der Waals surface area (Å²) in [5.74, 6) is 0.328. The van der Waals surface area contributed by atoms with Crippen molar-refractivity contribution in [1.82, 2.24) is 15.0 Å². The van der Waals surface area contributed by atoms with Crippen LogP contribution in [0.3, 0.4) is 0 Å². The first-order valence-corrected chi connectivity index (χ1v) is 7.40. The van der Waals surface area contributed by atoms with E-state index in [4.69, 9.17) is 4.42 Å². The van der Waals surface area contributed by atoms with Crippen LogP contribution in [0.2, 0.25) is 0 Å². The highest BCUT2D eigenvalue weighted by molar-refractivity contribution is 6.08. The second-order valence-corrected chi connectivity index (χ2v) is 5.52. The number of carbonyl (C=O) groups is 1. The maximum absolute atomic E-state index is 12.5. The van der Waals surface area contributed by atoms with Crippen molar-refractivity contribution >= 4 is 22.6 Å². The number of aryl methyl sites for hydroxylation is 3. The van der Waals surface area contributed by atoms with Crippen LogP contribution in [0.1, 0.15) is 40.2 Å². The SMILES string of the molecule is CCc1nc(C)c(C(=O)Nc2c(C)c(C)cc3[nH]c(=O)[nH]c23)o1. The predicted octanol–water partition coefficient (Wildman–Crippen LogP) is 2.58. The summed E-state index contributed by atoms with van der Waals surface area (Å²) >= 11 is 0. The molecule has 3 rings (SSSR count). The first kappa shape index (κ1) is 15.1. The Morgan fingerprint density at radius 2 is 2.04 bits per heavy atom. The summed E-state index contributed by atoms with van der Waals surface area (Å²) in [6.07, 6.45) is 0.618. The monoisotopic (exact) mass is 314 g/mol. The van der Waals surface area contributed by atoms with Gasteiger partial charge in [-0.3, -0.25) is 4.79 Å². The van der Waals surface area contributed by atoms with E-state index in [1.165, 1.54) is 0 Å². The topological polar surface area (TPSA) is 104 Å². The Hall–Kier alpha value is -2.83. The van der Waals surface area contributed by atoms with Gasteiger partial charge in [-0.15, -0.1) is 0 Å². The van der Waals surface area contributed by atoms with Crippen LogP contribution in [0.4, 0.5) is 5.69 Å². The lowest BCUT2D eigenvalue weighted by Gasteiger charge is -2.11. The summed E-state index contributed by atoms with van der Waals surface area (Å²) < 4.78 is 5.48. The second kappa shape index (κ2) is 5.42. The number of nitrogens with zero attached hydrogens (tertiary/aromatic N) is 1. The normalized spacial score (nSPS) is 11.1. The van der Waals surface area contributed by atoms with E-state index in [-0.39, 0.29) is 17.4 Å². The van der Waals surface area contributed by atoms with E-state index in [1.54, 1.807) is 6.92 Å². The Morgan fingerprint density at radius 1 is 1.30 bits per heavy atom. The highest BCUT2D eigenvalue weighted by Crippen LogP contribution is 2.27. The molecule has 120 valence electrons. The zero-order valence-corrected chi connectivity index (χ0v) is 13.5. The van der Waals surface area contributed by atoms with E-state index in [0.29, 0.717) is 34.7 Å². The van der Waals surface area contributed by atoms with Gasteiger partial charge in [-0.1, -0.05) is 6.92 Å². The van der Waals surface area contributed by atoms with Gasteiger partial charge in [0.25, 0.3) is 5.91 Å². The Morgan fingerprint density at radius 3 is 2.70 bits per heavy atom. The van der Waals surface area contributed by atoms with Gasteiger partial charge in [-0.25, -0.2) is 9.78 Å². The highest BCUT2D eigenvalue weighted by atomic mass is 16.4. The van der Waals surface area contributed by atoms with Crippen LogP contribution in [-0.4, -0.2) is 20.9 Å². The molecule has 0 aliphatic rings. The molecule has 0 radical (unpaired) electrons. The third-order valence-electron chi connectivity index (χ3n) is 3.92. The number of hydrogen-bond acceptors (Lipinski definition) is 4. The molecule has 0 saturated carbocycles. The summed E-state index contributed by atoms with van der Waals surface area (Å²) in [4.78, 5) is 33.7. The smallest absolute Gasteiger partial charge is 0.323 e. The first-order valence-electron chi connectivity index (χ1n) is 7.40. The summed E-state index contributed by atoms with van der Waals surface area (Å²) in [5, 5.41) is 2.84. The maximum atomic E-state index is 12.5. The van der Waals surface area contributed by atoms with Crippen molar-refractivity contribution in [1.29, 1.82) is 0 Å². The second-order valence-electron chi connectivity index (χ2n) is 5.52. The molecule has 0 saturated heterocycles. The van der Waals surface area contributed by atoms with Gasteiger partial charge in [0.15, 0.2) is 5.89 Å². The van der Waals surface area contributed by atoms with Gasteiger partial charge < -0.3 is 19.7 Å². The molecule has 0 aliphatic heterocycles. The van der Waals surface area contributed by atoms with Crippen LogP contribution in [-0.2, 0) is 6.42 Å². The van der Waals surface area contributed by atoms with Crippen LogP contribution in [0.5, 0.6) is 0 Å². The summed E-state index contributed by atoms with van der Waals surface area (Å²) in [6, 6.07) is 1.87. The maximum Gasteiger partial charge on any atom is 0.323 e. The number of aromatic amines is 2. The van der Waals surface area contributed by atoms with E-state index < -0.39 is 0 Å². The molecule has 7 heteroatoms. The van der Waals surface area contributed by atoms with Crippen molar-refractivity contribution < 1.29 is 9.21 Å². The van der Waals surface area contributed by atoms with Crippen molar-refractivity contribution in [2.75, 3.05) is 5.32 Å². The average Bonchev–Trinajstić information content (AvgIpc) is 3.05. The number of fused-ring (bicyclic) bond motifs is 1. The van der Waals surface area contributed by atoms with Gasteiger partial charge in [0.05, 0.1) is 22.4 Å². The molecular formula is C16H18N4O3. The van der Waals surface area contributed by atoms with Gasteiger partial charge in [-0.05, 0) is 38.0 Å². The lowest BCUT2D eigenvalue weighted by molar-refractivity contribution is 0.0994. The van der Waals surface area contributed by atoms with Crippen molar-refractivity contribution in [3.05, 3.63) is 45.0 Å². The molecule has 3 N–H and O–H groups in total. The van der Waals surface area contributed by atoms with E-state index in [0.717, 1.165) is 11.1 Å². The molecule has 0 fully saturated rings. The molecule has 0 atom stereocenters. The van der Waals surface area contributed by atoms with Crippen molar-refractivity contribution in [3.8, 4) is 0 Å². The molecule has 0 bridgehead atoms. The summed E-state index contributed by atoms with van der Waals surface area (Å²) in [6.45, 7) is 7.45. The minimum absolute atomic E-state index is 0.189. The molecular weight excluding hydrogens is 296 g/mol. The molecule has 1 amide bonds. The highest BCUT2D eigenvalue weighted by Gasteiger charge is 2.20. The van der Waals surface area contributed by atoms with Gasteiger partial charge >= 0.3 is 5.69 Å². The Bertz CT molecular complexity index is 962. The quantitative estimate of drug-likeness (QED) is 0.691. The third-order valence-corrected chi connectivity index (χ3v) is 3.92. The van der Waals surface area contributed by atoms with Gasteiger partial charge in [-0.2, -0.15) is 0 Å². The van der Waals surface area contributed by atoms with E-state index in [2.05, 4.69) is 20.3 Å². The number of aromatic nitrogens is 3. The van der Waals surface area contributed by atoms with Gasteiger partial charge in [0.2, 0.25) is 5.76 Å². The van der Waals surface area contributed by atoms with Crippen LogP contribution < -0.4 is 11.0 Å². The first-order chi connectivity index (χ1) is 10.9. The fourth-order valence-electron chi connectivity index (χ4n) is 2.55. The number of anilines is 1. The average molecular weight is 314 g/mol. The lowest BCUT2D eigenvalue weighted by atomic mass is 10.1. The number of hydrogen-bond donors (Lipinski definition) is 3. The number of H-pyrrole nitrogens is 2. The Balaban J connectivity index is 2.07. The fraction of sp³-hybridized carbons (Fsp3) is 0.312. The van der Waals surface area contributed by atoms with Crippen LogP contribution in [0.25, 0.3) is 11.0 Å². The molecule has 1 aromatic carbocycles. The van der Waals surface area contributed by atoms with Crippen LogP contribution >= 0.6 is 0 Å². The number of rotatable bonds is 3. The van der Waals surface area contributed by atoms with E-state index in [9.17, 15) is 9.59 Å². The number of nitrogens with one attached hydrogen (secondary N) is 3. The summed E-state index contributed by atoms with van der Waals surface area (Å²) in [5.41, 5.74) is 3.86. The molecule has 0 spiro atoms. The fourth-order valence-corrected chi connectivity index (χ4v) is 2.55. The Labute approximate surface area is 132 Å². The number of amides is 1. The van der Waals surface area contributed by atoms with Crippen LogP contribution in [0, 0.1) is 20.8 Å². The van der Waals surface area contributed by atoms with E-state index in [1.807, 2.05) is 26.8 Å². The van der Waals surface area contributed by atoms with E-state index >= 15 is 0 Å². The molecule has 0 unspecified atom stereocenters. The van der Waals surface area contributed by atoms with Crippen LogP contribution in [0.15, 0.2) is 15.3 Å². The molecule has 2 heterocycles. The number of imidazole rings is 1. The zero-order chi connectivity index (χ0) is 16.7. The lowest BCUT2D eigenvalue weighted by Crippen LogP contribution is -2.14. The minimum Gasteiger partial charge on any atom is -0.435 e. The zero-order valence-electron chi connectivity index (χ0n) is 13.5. The minimum atomic E-state index is -0.383. The number of carbonyl (C=O) groups excluding carboxylic acids is 1. The molecule has 3 aromatic rings. The number of benzene rings is 1. The molecule has 0 aliphatic carbocycles. The predicted molar refractivity (Wildman–Crippen MR) is 87.0 cm³/mol. The summed E-state index contributed by atoms with van der Waals surface area (Å²) in [7, 11) is 0. The standard InChI is InChI=1S/C16H18N4O3/c1-5-11-17-9(4)14(23-11)15(21)19-12-8(3)7(2)6-10-13(12)20-16(22)18-10/h6H,5H2,1-4H3,(H,19,21)(H2,18,20,22). The Kier molecular flexibility index (Phi) is 3.55. The number of oxazole rings is 1. The third kappa shape index (κ3) is 2.54. The molecule has 23 heavy (non-hydrogen) atoms. The van der Waals surface area contributed by atoms with Gasteiger partial charge in [0, 0.05) is 6.42 Å². The largest absolute Gasteiger partial charge is 0.435 e. The van der Waals surface area contributed by atoms with Crippen molar-refractivity contribution in [3.63, 3.8) is 0 Å². The molecule has 2 aromatic heterocycles. The molecule has 7 nitrogen and oxygen atoms in total.